The summed E-state index contributed by atoms with van der Waals surface area (Å²) >= 11 is 0. The van der Waals surface area contributed by atoms with Crippen LogP contribution in [0.1, 0.15) is 32.0 Å². The molecule has 1 heterocycles. The summed E-state index contributed by atoms with van der Waals surface area (Å²) in [7, 11) is 0. The van der Waals surface area contributed by atoms with Gasteiger partial charge in [-0.15, -0.1) is 0 Å². The van der Waals surface area contributed by atoms with Crippen LogP contribution in [0.5, 0.6) is 0 Å². The van der Waals surface area contributed by atoms with E-state index in [1.165, 1.54) is 0 Å². The maximum absolute atomic E-state index is 12.3. The largest absolute Gasteiger partial charge is 0.452 e. The zero-order chi connectivity index (χ0) is 18.0. The van der Waals surface area contributed by atoms with E-state index in [1.54, 1.807) is 30.3 Å². The molecular formula is C19H16N2O4. The molecule has 0 saturated heterocycles. The Balaban J connectivity index is 1.80. The number of aromatic nitrogens is 2. The van der Waals surface area contributed by atoms with E-state index < -0.39 is 18.1 Å². The van der Waals surface area contributed by atoms with Crippen molar-refractivity contribution in [3.05, 3.63) is 75.2 Å². The molecule has 1 aromatic heterocycles. The minimum atomic E-state index is -0.759. The van der Waals surface area contributed by atoms with Gasteiger partial charge in [0, 0.05) is 10.9 Å². The van der Waals surface area contributed by atoms with Crippen molar-refractivity contribution in [3.63, 3.8) is 0 Å². The van der Waals surface area contributed by atoms with Crippen molar-refractivity contribution < 1.29 is 14.3 Å². The molecule has 126 valence electrons. The third-order valence-corrected chi connectivity index (χ3v) is 3.91. The van der Waals surface area contributed by atoms with Crippen molar-refractivity contribution in [1.29, 1.82) is 0 Å². The second-order valence-electron chi connectivity index (χ2n) is 5.76. The Morgan fingerprint density at radius 3 is 2.52 bits per heavy atom. The number of aryl methyl sites for hydroxylation is 2. The molecule has 0 spiro atoms. The molecule has 0 saturated carbocycles. The summed E-state index contributed by atoms with van der Waals surface area (Å²) in [5, 5.41) is 6.75. The molecule has 0 unspecified atom stereocenters. The number of carbonyl (C=O) groups excluding carboxylic acids is 2. The molecule has 0 aliphatic rings. The van der Waals surface area contributed by atoms with Gasteiger partial charge in [0.2, 0.25) is 5.78 Å². The number of Topliss-reactive ketones (excluding diaryl/α,β-unsaturated/α-hetero) is 1. The van der Waals surface area contributed by atoms with E-state index in [0.717, 1.165) is 11.1 Å². The third kappa shape index (κ3) is 3.33. The number of benzene rings is 2. The number of hydrogen-bond acceptors (Lipinski definition) is 5. The number of rotatable bonds is 4. The molecule has 0 bridgehead atoms. The Labute approximate surface area is 143 Å². The minimum Gasteiger partial charge on any atom is -0.452 e. The number of nitrogens with one attached hydrogen (secondary N) is 1. The van der Waals surface area contributed by atoms with Crippen molar-refractivity contribution in [2.45, 2.75) is 13.8 Å². The molecule has 6 nitrogen and oxygen atoms in total. The Bertz CT molecular complexity index is 1040. The van der Waals surface area contributed by atoms with E-state index in [9.17, 15) is 14.4 Å². The number of H-pyrrole nitrogens is 1. The molecule has 1 N–H and O–H groups in total. The quantitative estimate of drug-likeness (QED) is 0.584. The third-order valence-electron chi connectivity index (χ3n) is 3.91. The summed E-state index contributed by atoms with van der Waals surface area (Å²) in [5.74, 6) is -1.05. The number of ether oxygens (including phenoxy) is 1. The van der Waals surface area contributed by atoms with Crippen LogP contribution in [0.2, 0.25) is 0 Å². The Kier molecular flexibility index (Phi) is 4.43. The summed E-state index contributed by atoms with van der Waals surface area (Å²) in [6.07, 6.45) is 0. The van der Waals surface area contributed by atoms with Gasteiger partial charge >= 0.3 is 5.97 Å². The second-order valence-corrected chi connectivity index (χ2v) is 5.76. The van der Waals surface area contributed by atoms with Gasteiger partial charge in [0.15, 0.2) is 12.3 Å². The van der Waals surface area contributed by atoms with Crippen LogP contribution in [-0.4, -0.2) is 28.6 Å². The molecule has 0 atom stereocenters. The van der Waals surface area contributed by atoms with E-state index in [0.29, 0.717) is 16.3 Å². The van der Waals surface area contributed by atoms with Gasteiger partial charge in [0.1, 0.15) is 0 Å². The molecule has 3 aromatic rings. The summed E-state index contributed by atoms with van der Waals surface area (Å²) in [4.78, 5) is 36.3. The molecule has 25 heavy (non-hydrogen) atoms. The van der Waals surface area contributed by atoms with E-state index in [2.05, 4.69) is 10.2 Å². The topological polar surface area (TPSA) is 89.1 Å². The van der Waals surface area contributed by atoms with Gasteiger partial charge in [-0.3, -0.25) is 9.59 Å². The highest BCUT2D eigenvalue weighted by Gasteiger charge is 2.18. The van der Waals surface area contributed by atoms with Crippen molar-refractivity contribution in [2.75, 3.05) is 6.61 Å². The van der Waals surface area contributed by atoms with Crippen LogP contribution in [-0.2, 0) is 4.74 Å². The van der Waals surface area contributed by atoms with Crippen molar-refractivity contribution in [1.82, 2.24) is 10.2 Å². The fourth-order valence-electron chi connectivity index (χ4n) is 2.67. The van der Waals surface area contributed by atoms with Crippen molar-refractivity contribution in [3.8, 4) is 0 Å². The van der Waals surface area contributed by atoms with Crippen molar-refractivity contribution >= 4 is 22.5 Å². The van der Waals surface area contributed by atoms with Gasteiger partial charge < -0.3 is 4.74 Å². The molecular weight excluding hydrogens is 320 g/mol. The van der Waals surface area contributed by atoms with Gasteiger partial charge in [0.25, 0.3) is 5.56 Å². The maximum atomic E-state index is 12.3. The smallest absolute Gasteiger partial charge is 0.359 e. The highest BCUT2D eigenvalue weighted by atomic mass is 16.5. The number of fused-ring (bicyclic) bond motifs is 1. The Hall–Kier alpha value is -3.28. The number of carbonyl (C=O) groups is 2. The normalized spacial score (nSPS) is 10.6. The zero-order valence-electron chi connectivity index (χ0n) is 13.8. The van der Waals surface area contributed by atoms with E-state index in [-0.39, 0.29) is 11.5 Å². The first-order valence-electron chi connectivity index (χ1n) is 7.72. The minimum absolute atomic E-state index is 0.0244. The summed E-state index contributed by atoms with van der Waals surface area (Å²) < 4.78 is 5.10. The average Bonchev–Trinajstić information content (AvgIpc) is 2.60. The lowest BCUT2D eigenvalue weighted by Gasteiger charge is -2.08. The number of aromatic amines is 1. The molecule has 3 rings (SSSR count). The van der Waals surface area contributed by atoms with Crippen LogP contribution in [0.15, 0.2) is 47.3 Å². The molecule has 0 aliphatic carbocycles. The predicted molar refractivity (Wildman–Crippen MR) is 92.9 cm³/mol. The standard InChI is InChI=1S/C19H16N2O4/c1-11-7-8-13(12(2)9-11)16(22)10-25-19(24)17-14-5-3-4-6-15(14)18(23)21-20-17/h3-9H,10H2,1-2H3,(H,21,23). The lowest BCUT2D eigenvalue weighted by Crippen LogP contribution is -2.19. The predicted octanol–water partition coefficient (Wildman–Crippen LogP) is 2.58. The summed E-state index contributed by atoms with van der Waals surface area (Å²) in [5.41, 5.74) is 1.98. The zero-order valence-corrected chi connectivity index (χ0v) is 13.8. The number of hydrogen-bond donors (Lipinski definition) is 1. The fourth-order valence-corrected chi connectivity index (χ4v) is 2.67. The monoisotopic (exact) mass is 336 g/mol. The van der Waals surface area contributed by atoms with Crippen LogP contribution in [0.25, 0.3) is 10.8 Å². The number of nitrogens with zero attached hydrogens (tertiary/aromatic N) is 1. The van der Waals surface area contributed by atoms with Crippen LogP contribution in [0.4, 0.5) is 0 Å². The molecule has 0 fully saturated rings. The Morgan fingerprint density at radius 2 is 1.80 bits per heavy atom. The highest BCUT2D eigenvalue weighted by Crippen LogP contribution is 2.15. The van der Waals surface area contributed by atoms with E-state index >= 15 is 0 Å². The first-order valence-corrected chi connectivity index (χ1v) is 7.72. The molecule has 6 heteroatoms. The molecule has 0 aliphatic heterocycles. The van der Waals surface area contributed by atoms with Gasteiger partial charge in [-0.2, -0.15) is 5.10 Å². The second kappa shape index (κ2) is 6.68. The lowest BCUT2D eigenvalue weighted by molar-refractivity contribution is 0.0469. The van der Waals surface area contributed by atoms with Crippen LogP contribution in [0, 0.1) is 13.8 Å². The molecule has 2 aromatic carbocycles. The van der Waals surface area contributed by atoms with Gasteiger partial charge in [-0.1, -0.05) is 42.0 Å². The number of esters is 1. The van der Waals surface area contributed by atoms with Gasteiger partial charge in [-0.05, 0) is 25.5 Å². The maximum Gasteiger partial charge on any atom is 0.359 e. The van der Waals surface area contributed by atoms with E-state index in [4.69, 9.17) is 4.74 Å². The first kappa shape index (κ1) is 16.6. The van der Waals surface area contributed by atoms with Crippen LogP contribution in [0.3, 0.4) is 0 Å². The SMILES string of the molecule is Cc1ccc(C(=O)COC(=O)c2n[nH]c(=O)c3ccccc23)c(C)c1. The summed E-state index contributed by atoms with van der Waals surface area (Å²) in [6, 6.07) is 12.0. The van der Waals surface area contributed by atoms with Crippen LogP contribution >= 0.6 is 0 Å². The van der Waals surface area contributed by atoms with Gasteiger partial charge in [0.05, 0.1) is 5.39 Å². The fraction of sp³-hybridized carbons (Fsp3) is 0.158. The lowest BCUT2D eigenvalue weighted by atomic mass is 10.0. The average molecular weight is 336 g/mol. The van der Waals surface area contributed by atoms with Crippen molar-refractivity contribution in [2.24, 2.45) is 0 Å². The first-order chi connectivity index (χ1) is 12.0. The van der Waals surface area contributed by atoms with E-state index in [1.807, 2.05) is 26.0 Å². The van der Waals surface area contributed by atoms with Crippen LogP contribution < -0.4 is 5.56 Å². The molecule has 0 amide bonds. The summed E-state index contributed by atoms with van der Waals surface area (Å²) in [6.45, 7) is 3.38. The highest BCUT2D eigenvalue weighted by molar-refractivity contribution is 6.04. The van der Waals surface area contributed by atoms with Gasteiger partial charge in [-0.25, -0.2) is 9.89 Å². The number of ketones is 1. The molecule has 0 radical (unpaired) electrons. The Morgan fingerprint density at radius 1 is 1.08 bits per heavy atom.